The number of benzene rings is 2. The topological polar surface area (TPSA) is 68.5 Å². The van der Waals surface area contributed by atoms with Crippen LogP contribution in [-0.2, 0) is 4.79 Å². The number of hydrogen-bond donors (Lipinski definition) is 0. The van der Waals surface area contributed by atoms with Crippen molar-refractivity contribution in [2.45, 2.75) is 12.3 Å². The molecule has 2 heterocycles. The van der Waals surface area contributed by atoms with Crippen LogP contribution in [-0.4, -0.2) is 29.7 Å². The molecule has 3 aromatic rings. The first kappa shape index (κ1) is 16.3. The molecule has 0 aliphatic carbocycles. The van der Waals surface area contributed by atoms with Crippen molar-refractivity contribution < 1.29 is 18.4 Å². The largest absolute Gasteiger partial charge is 0.496 e. The van der Waals surface area contributed by atoms with Gasteiger partial charge in [-0.1, -0.05) is 23.4 Å². The third-order valence-corrected chi connectivity index (χ3v) is 4.39. The maximum Gasteiger partial charge on any atom is 0.261 e. The maximum absolute atomic E-state index is 13.4. The Morgan fingerprint density at radius 1 is 1.23 bits per heavy atom. The van der Waals surface area contributed by atoms with E-state index in [-0.39, 0.29) is 24.1 Å². The molecule has 0 radical (unpaired) electrons. The van der Waals surface area contributed by atoms with Crippen LogP contribution in [0.2, 0.25) is 0 Å². The summed E-state index contributed by atoms with van der Waals surface area (Å²) >= 11 is 0. The van der Waals surface area contributed by atoms with E-state index in [0.717, 1.165) is 0 Å². The molecule has 1 aromatic heterocycles. The van der Waals surface area contributed by atoms with Crippen LogP contribution in [0.4, 0.5) is 10.1 Å². The molecular formula is C19H16FN3O3. The molecule has 0 N–H and O–H groups in total. The quantitative estimate of drug-likeness (QED) is 0.719. The third-order valence-electron chi connectivity index (χ3n) is 4.39. The number of amides is 1. The van der Waals surface area contributed by atoms with Gasteiger partial charge in [0.15, 0.2) is 5.82 Å². The van der Waals surface area contributed by atoms with Gasteiger partial charge in [0.05, 0.1) is 12.7 Å². The lowest BCUT2D eigenvalue weighted by Crippen LogP contribution is -2.24. The first-order valence-electron chi connectivity index (χ1n) is 8.18. The van der Waals surface area contributed by atoms with E-state index in [0.29, 0.717) is 35.3 Å². The summed E-state index contributed by atoms with van der Waals surface area (Å²) in [6.45, 7) is 0.382. The van der Waals surface area contributed by atoms with Crippen molar-refractivity contribution in [2.24, 2.45) is 0 Å². The number of para-hydroxylation sites is 1. The van der Waals surface area contributed by atoms with E-state index < -0.39 is 0 Å². The smallest absolute Gasteiger partial charge is 0.261 e. The number of anilines is 1. The van der Waals surface area contributed by atoms with Gasteiger partial charge in [0.1, 0.15) is 11.6 Å². The Bertz CT molecular complexity index is 956. The molecule has 1 saturated heterocycles. The van der Waals surface area contributed by atoms with Crippen molar-refractivity contribution >= 4 is 11.6 Å². The molecule has 1 fully saturated rings. The Morgan fingerprint density at radius 2 is 2.08 bits per heavy atom. The standard InChI is InChI=1S/C19H16FN3O3/c1-25-16-8-3-2-7-15(16)19-21-18(22-26-19)12-9-17(24)23(11-12)14-6-4-5-13(20)10-14/h2-8,10,12H,9,11H2,1H3/t12-/m1/s1. The van der Waals surface area contributed by atoms with Crippen LogP contribution >= 0.6 is 0 Å². The molecular weight excluding hydrogens is 337 g/mol. The van der Waals surface area contributed by atoms with Crippen molar-refractivity contribution in [3.8, 4) is 17.2 Å². The van der Waals surface area contributed by atoms with Crippen molar-refractivity contribution in [2.75, 3.05) is 18.6 Å². The first-order valence-corrected chi connectivity index (χ1v) is 8.18. The zero-order chi connectivity index (χ0) is 18.1. The summed E-state index contributed by atoms with van der Waals surface area (Å²) in [4.78, 5) is 18.3. The number of hydrogen-bond acceptors (Lipinski definition) is 5. The normalized spacial score (nSPS) is 16.9. The van der Waals surface area contributed by atoms with E-state index in [1.54, 1.807) is 24.1 Å². The second-order valence-electron chi connectivity index (χ2n) is 6.04. The fourth-order valence-electron chi connectivity index (χ4n) is 3.11. The Balaban J connectivity index is 1.58. The summed E-state index contributed by atoms with van der Waals surface area (Å²) < 4.78 is 24.1. The van der Waals surface area contributed by atoms with Gasteiger partial charge in [0.2, 0.25) is 5.91 Å². The minimum atomic E-state index is -0.378. The van der Waals surface area contributed by atoms with Gasteiger partial charge in [-0.25, -0.2) is 4.39 Å². The van der Waals surface area contributed by atoms with Crippen molar-refractivity contribution in [3.63, 3.8) is 0 Å². The summed E-state index contributed by atoms with van der Waals surface area (Å²) in [5.74, 6) is 0.748. The number of ether oxygens (including phenoxy) is 1. The fraction of sp³-hybridized carbons (Fsp3) is 0.211. The van der Waals surface area contributed by atoms with Gasteiger partial charge in [-0.15, -0.1) is 0 Å². The second kappa shape index (κ2) is 6.59. The molecule has 0 saturated carbocycles. The van der Waals surface area contributed by atoms with Crippen LogP contribution < -0.4 is 9.64 Å². The Labute approximate surface area is 149 Å². The molecule has 7 heteroatoms. The molecule has 0 bridgehead atoms. The highest BCUT2D eigenvalue weighted by Gasteiger charge is 2.35. The first-order chi connectivity index (χ1) is 12.7. The van der Waals surface area contributed by atoms with Crippen LogP contribution in [0.25, 0.3) is 11.5 Å². The average molecular weight is 353 g/mol. The lowest BCUT2D eigenvalue weighted by atomic mass is 10.1. The molecule has 2 aromatic carbocycles. The lowest BCUT2D eigenvalue weighted by Gasteiger charge is -2.15. The molecule has 1 aliphatic rings. The molecule has 0 unspecified atom stereocenters. The van der Waals surface area contributed by atoms with E-state index in [4.69, 9.17) is 9.26 Å². The number of carbonyl (C=O) groups excluding carboxylic acids is 1. The minimum absolute atomic E-state index is 0.0933. The second-order valence-corrected chi connectivity index (χ2v) is 6.04. The average Bonchev–Trinajstić information content (AvgIpc) is 3.28. The summed E-state index contributed by atoms with van der Waals surface area (Å²) in [6, 6.07) is 13.3. The van der Waals surface area contributed by atoms with E-state index in [2.05, 4.69) is 10.1 Å². The molecule has 26 heavy (non-hydrogen) atoms. The van der Waals surface area contributed by atoms with Crippen LogP contribution in [0.15, 0.2) is 53.1 Å². The number of methoxy groups -OCH3 is 1. The highest BCUT2D eigenvalue weighted by atomic mass is 19.1. The van der Waals surface area contributed by atoms with E-state index in [1.807, 2.05) is 24.3 Å². The zero-order valence-electron chi connectivity index (χ0n) is 14.1. The van der Waals surface area contributed by atoms with Gasteiger partial charge in [0.25, 0.3) is 5.89 Å². The number of carbonyl (C=O) groups is 1. The van der Waals surface area contributed by atoms with E-state index in [9.17, 15) is 9.18 Å². The Hall–Kier alpha value is -3.22. The summed E-state index contributed by atoms with van der Waals surface area (Å²) in [7, 11) is 1.57. The van der Waals surface area contributed by atoms with E-state index in [1.165, 1.54) is 12.1 Å². The molecule has 1 atom stereocenters. The van der Waals surface area contributed by atoms with Crippen LogP contribution in [0, 0.1) is 5.82 Å². The van der Waals surface area contributed by atoms with Gasteiger partial charge >= 0.3 is 0 Å². The highest BCUT2D eigenvalue weighted by Crippen LogP contribution is 2.33. The monoisotopic (exact) mass is 353 g/mol. The van der Waals surface area contributed by atoms with Gasteiger partial charge in [0, 0.05) is 24.6 Å². The molecule has 0 spiro atoms. The van der Waals surface area contributed by atoms with E-state index >= 15 is 0 Å². The molecule has 6 nitrogen and oxygen atoms in total. The predicted molar refractivity (Wildman–Crippen MR) is 92.4 cm³/mol. The number of nitrogens with zero attached hydrogens (tertiary/aromatic N) is 3. The predicted octanol–water partition coefficient (Wildman–Crippen LogP) is 3.40. The maximum atomic E-state index is 13.4. The lowest BCUT2D eigenvalue weighted by molar-refractivity contribution is -0.117. The molecule has 132 valence electrons. The van der Waals surface area contributed by atoms with Gasteiger partial charge < -0.3 is 14.2 Å². The van der Waals surface area contributed by atoms with Crippen molar-refractivity contribution in [1.29, 1.82) is 0 Å². The summed E-state index contributed by atoms with van der Waals surface area (Å²) in [5, 5.41) is 4.04. The number of aromatic nitrogens is 2. The van der Waals surface area contributed by atoms with Crippen LogP contribution in [0.1, 0.15) is 18.2 Å². The summed E-state index contributed by atoms with van der Waals surface area (Å²) in [6.07, 6.45) is 0.251. The number of halogens is 1. The summed E-state index contributed by atoms with van der Waals surface area (Å²) in [5.41, 5.74) is 1.23. The third kappa shape index (κ3) is 2.92. The van der Waals surface area contributed by atoms with Crippen molar-refractivity contribution in [3.05, 3.63) is 60.2 Å². The Kier molecular flexibility index (Phi) is 4.12. The fourth-order valence-corrected chi connectivity index (χ4v) is 3.11. The molecule has 1 aliphatic heterocycles. The van der Waals surface area contributed by atoms with Gasteiger partial charge in [-0.2, -0.15) is 4.98 Å². The van der Waals surface area contributed by atoms with Gasteiger partial charge in [-0.05, 0) is 30.3 Å². The Morgan fingerprint density at radius 3 is 2.88 bits per heavy atom. The zero-order valence-corrected chi connectivity index (χ0v) is 14.1. The minimum Gasteiger partial charge on any atom is -0.496 e. The SMILES string of the molecule is COc1ccccc1-c1nc([C@@H]2CC(=O)N(c3cccc(F)c3)C2)no1. The van der Waals surface area contributed by atoms with Crippen LogP contribution in [0.5, 0.6) is 5.75 Å². The van der Waals surface area contributed by atoms with Crippen molar-refractivity contribution in [1.82, 2.24) is 10.1 Å². The van der Waals surface area contributed by atoms with Crippen LogP contribution in [0.3, 0.4) is 0 Å². The van der Waals surface area contributed by atoms with Gasteiger partial charge in [-0.3, -0.25) is 4.79 Å². The highest BCUT2D eigenvalue weighted by molar-refractivity contribution is 5.96. The number of rotatable bonds is 4. The molecule has 4 rings (SSSR count). The molecule has 1 amide bonds.